The molecule has 0 spiro atoms. The molecule has 1 aliphatic rings. The molecule has 1 aliphatic heterocycles. The van der Waals surface area contributed by atoms with Crippen molar-refractivity contribution in [3.05, 3.63) is 28.3 Å². The van der Waals surface area contributed by atoms with Crippen molar-refractivity contribution < 1.29 is 4.74 Å². The Bertz CT molecular complexity index is 498. The lowest BCUT2D eigenvalue weighted by Crippen LogP contribution is -2.48. The van der Waals surface area contributed by atoms with Gasteiger partial charge < -0.3 is 10.1 Å². The molecule has 1 aromatic rings. The van der Waals surface area contributed by atoms with Crippen LogP contribution in [0.2, 0.25) is 0 Å². The van der Waals surface area contributed by atoms with Gasteiger partial charge in [0.15, 0.2) is 0 Å². The van der Waals surface area contributed by atoms with E-state index in [-0.39, 0.29) is 5.60 Å². The molecule has 2 rings (SSSR count). The predicted molar refractivity (Wildman–Crippen MR) is 84.6 cm³/mol. The highest BCUT2D eigenvalue weighted by atomic mass is 16.5. The number of nitrogens with zero attached hydrogens (tertiary/aromatic N) is 1. The molecule has 0 fully saturated rings. The van der Waals surface area contributed by atoms with Gasteiger partial charge in [-0.25, -0.2) is 0 Å². The van der Waals surface area contributed by atoms with E-state index in [4.69, 9.17) is 4.74 Å². The highest BCUT2D eigenvalue weighted by Gasteiger charge is 2.34. The Morgan fingerprint density at radius 1 is 1.30 bits per heavy atom. The monoisotopic (exact) mass is 276 g/mol. The van der Waals surface area contributed by atoms with Crippen LogP contribution in [0.4, 0.5) is 0 Å². The Hall–Kier alpha value is -1.06. The molecule has 1 atom stereocenters. The third kappa shape index (κ3) is 2.99. The van der Waals surface area contributed by atoms with Crippen LogP contribution < -0.4 is 10.1 Å². The highest BCUT2D eigenvalue weighted by molar-refractivity contribution is 5.50. The molecule has 0 aliphatic carbocycles. The lowest BCUT2D eigenvalue weighted by atomic mass is 9.87. The van der Waals surface area contributed by atoms with E-state index in [2.05, 4.69) is 51.0 Å². The summed E-state index contributed by atoms with van der Waals surface area (Å²) in [7, 11) is 4.11. The number of benzene rings is 1. The molecule has 20 heavy (non-hydrogen) atoms. The first kappa shape index (κ1) is 15.3. The summed E-state index contributed by atoms with van der Waals surface area (Å²) in [6.07, 6.45) is 2.20. The molecule has 1 unspecified atom stereocenters. The Morgan fingerprint density at radius 2 is 2.00 bits per heavy atom. The minimum Gasteiger partial charge on any atom is -0.486 e. The second-order valence-corrected chi connectivity index (χ2v) is 6.52. The normalized spacial score (nSPS) is 21.8. The minimum atomic E-state index is -0.0922. The third-order valence-corrected chi connectivity index (χ3v) is 4.39. The van der Waals surface area contributed by atoms with E-state index >= 15 is 0 Å². The second kappa shape index (κ2) is 5.74. The quantitative estimate of drug-likeness (QED) is 0.856. The van der Waals surface area contributed by atoms with Crippen molar-refractivity contribution >= 4 is 0 Å². The number of hydrogen-bond acceptors (Lipinski definition) is 3. The second-order valence-electron chi connectivity index (χ2n) is 6.52. The smallest absolute Gasteiger partial charge is 0.126 e. The van der Waals surface area contributed by atoms with Gasteiger partial charge in [-0.15, -0.1) is 0 Å². The van der Waals surface area contributed by atoms with Crippen molar-refractivity contribution in [1.29, 1.82) is 0 Å². The third-order valence-electron chi connectivity index (χ3n) is 4.39. The van der Waals surface area contributed by atoms with E-state index in [1.165, 1.54) is 22.3 Å². The molecule has 3 nitrogen and oxygen atoms in total. The summed E-state index contributed by atoms with van der Waals surface area (Å²) in [6.45, 7) is 10.6. The highest BCUT2D eigenvalue weighted by Crippen LogP contribution is 2.39. The van der Waals surface area contributed by atoms with Crippen LogP contribution in [0.5, 0.6) is 5.75 Å². The van der Waals surface area contributed by atoms with E-state index < -0.39 is 0 Å². The van der Waals surface area contributed by atoms with Crippen molar-refractivity contribution in [2.75, 3.05) is 27.3 Å². The molecule has 0 amide bonds. The molecule has 0 saturated heterocycles. The van der Waals surface area contributed by atoms with Crippen molar-refractivity contribution in [2.24, 2.45) is 0 Å². The van der Waals surface area contributed by atoms with Crippen molar-refractivity contribution in [3.8, 4) is 5.75 Å². The number of nitrogens with one attached hydrogen (secondary N) is 1. The molecular formula is C17H28N2O. The van der Waals surface area contributed by atoms with E-state index in [0.29, 0.717) is 0 Å². The first-order valence-corrected chi connectivity index (χ1v) is 7.48. The van der Waals surface area contributed by atoms with Crippen LogP contribution in [0, 0.1) is 20.8 Å². The van der Waals surface area contributed by atoms with E-state index in [9.17, 15) is 0 Å². The Labute approximate surface area is 123 Å². The molecule has 1 heterocycles. The SMILES string of the molecule is CNCN(C)CC1(C)CCc2c(C)c(C)cc(C)c2O1. The lowest BCUT2D eigenvalue weighted by molar-refractivity contribution is 0.0304. The first-order valence-electron chi connectivity index (χ1n) is 7.48. The van der Waals surface area contributed by atoms with Crippen molar-refractivity contribution in [1.82, 2.24) is 10.2 Å². The molecule has 0 saturated carbocycles. The summed E-state index contributed by atoms with van der Waals surface area (Å²) in [4.78, 5) is 2.28. The van der Waals surface area contributed by atoms with Gasteiger partial charge >= 0.3 is 0 Å². The average Bonchev–Trinajstić information content (AvgIpc) is 2.36. The lowest BCUT2D eigenvalue weighted by Gasteiger charge is -2.39. The summed E-state index contributed by atoms with van der Waals surface area (Å²) < 4.78 is 6.43. The largest absolute Gasteiger partial charge is 0.486 e. The van der Waals surface area contributed by atoms with Crippen LogP contribution >= 0.6 is 0 Å². The van der Waals surface area contributed by atoms with Gasteiger partial charge in [-0.2, -0.15) is 0 Å². The molecule has 0 bridgehead atoms. The van der Waals surface area contributed by atoms with Gasteiger partial charge in [0.25, 0.3) is 0 Å². The molecule has 0 aromatic heterocycles. The van der Waals surface area contributed by atoms with Gasteiger partial charge in [-0.1, -0.05) is 6.07 Å². The predicted octanol–water partition coefficient (Wildman–Crippen LogP) is 2.80. The fourth-order valence-electron chi connectivity index (χ4n) is 3.28. The number of likely N-dealkylation sites (N-methyl/N-ethyl adjacent to an activating group) is 1. The fraction of sp³-hybridized carbons (Fsp3) is 0.647. The zero-order valence-electron chi connectivity index (χ0n) is 13.8. The topological polar surface area (TPSA) is 24.5 Å². The number of hydrogen-bond donors (Lipinski definition) is 1. The van der Waals surface area contributed by atoms with Crippen LogP contribution in [-0.4, -0.2) is 37.8 Å². The van der Waals surface area contributed by atoms with Crippen LogP contribution in [0.1, 0.15) is 35.6 Å². The Balaban J connectivity index is 2.24. The summed E-state index contributed by atoms with van der Waals surface area (Å²) in [5, 5.41) is 3.19. The van der Waals surface area contributed by atoms with Crippen molar-refractivity contribution in [2.45, 2.75) is 46.1 Å². The van der Waals surface area contributed by atoms with Crippen molar-refractivity contribution in [3.63, 3.8) is 0 Å². The van der Waals surface area contributed by atoms with Gasteiger partial charge in [0, 0.05) is 13.2 Å². The molecule has 112 valence electrons. The van der Waals surface area contributed by atoms with E-state index in [0.717, 1.165) is 31.8 Å². The van der Waals surface area contributed by atoms with Gasteiger partial charge in [0.05, 0.1) is 0 Å². The maximum absolute atomic E-state index is 6.43. The standard InChI is InChI=1S/C17H28N2O/c1-12-9-13(2)16-15(14(12)3)7-8-17(4,20-16)10-19(6)11-18-5/h9,18H,7-8,10-11H2,1-6H3. The van der Waals surface area contributed by atoms with Crippen LogP contribution in [0.3, 0.4) is 0 Å². The molecule has 1 N–H and O–H groups in total. The number of ether oxygens (including phenoxy) is 1. The van der Waals surface area contributed by atoms with Gasteiger partial charge in [0.1, 0.15) is 11.4 Å². The zero-order chi connectivity index (χ0) is 14.9. The summed E-state index contributed by atoms with van der Waals surface area (Å²) in [5.74, 6) is 1.12. The van der Waals surface area contributed by atoms with Gasteiger partial charge in [-0.05, 0) is 76.9 Å². The molecule has 3 heteroatoms. The summed E-state index contributed by atoms with van der Waals surface area (Å²) >= 11 is 0. The maximum Gasteiger partial charge on any atom is 0.126 e. The van der Waals surface area contributed by atoms with Crippen LogP contribution in [0.25, 0.3) is 0 Å². The molecule has 0 radical (unpaired) electrons. The molecule has 1 aromatic carbocycles. The minimum absolute atomic E-state index is 0.0922. The Morgan fingerprint density at radius 3 is 2.65 bits per heavy atom. The van der Waals surface area contributed by atoms with Gasteiger partial charge in [-0.3, -0.25) is 4.90 Å². The average molecular weight is 276 g/mol. The number of aryl methyl sites for hydroxylation is 2. The summed E-state index contributed by atoms with van der Waals surface area (Å²) in [5.41, 5.74) is 5.36. The molecular weight excluding hydrogens is 248 g/mol. The fourth-order valence-corrected chi connectivity index (χ4v) is 3.28. The van der Waals surface area contributed by atoms with E-state index in [1.807, 2.05) is 7.05 Å². The maximum atomic E-state index is 6.43. The van der Waals surface area contributed by atoms with Crippen LogP contribution in [0.15, 0.2) is 6.07 Å². The van der Waals surface area contributed by atoms with E-state index in [1.54, 1.807) is 0 Å². The van der Waals surface area contributed by atoms with Crippen LogP contribution in [-0.2, 0) is 6.42 Å². The number of rotatable bonds is 4. The number of fused-ring (bicyclic) bond motifs is 1. The van der Waals surface area contributed by atoms with Gasteiger partial charge in [0.2, 0.25) is 0 Å². The Kier molecular flexibility index (Phi) is 4.40. The zero-order valence-corrected chi connectivity index (χ0v) is 13.8. The first-order chi connectivity index (χ1) is 9.36. The summed E-state index contributed by atoms with van der Waals surface area (Å²) in [6, 6.07) is 2.25.